The third kappa shape index (κ3) is 2.66. The van der Waals surface area contributed by atoms with E-state index < -0.39 is 17.8 Å². The molecule has 1 aromatic carbocycles. The number of rotatable bonds is 3. The lowest BCUT2D eigenvalue weighted by Gasteiger charge is -2.09. The summed E-state index contributed by atoms with van der Waals surface area (Å²) in [5.74, 6) is -1.82. The van der Waals surface area contributed by atoms with Crippen LogP contribution in [0.5, 0.6) is 5.75 Å². The summed E-state index contributed by atoms with van der Waals surface area (Å²) >= 11 is 0. The maximum absolute atomic E-state index is 13.3. The number of phenolic OH excluding ortho intramolecular Hbond substituents is 1. The first-order valence-corrected chi connectivity index (χ1v) is 4.38. The van der Waals surface area contributed by atoms with E-state index in [9.17, 15) is 14.3 Å². The van der Waals surface area contributed by atoms with Crippen LogP contribution in [0.2, 0.25) is 0 Å². The van der Waals surface area contributed by atoms with Gasteiger partial charge in [0.15, 0.2) is 0 Å². The predicted molar refractivity (Wildman–Crippen MR) is 52.1 cm³/mol. The van der Waals surface area contributed by atoms with E-state index in [4.69, 9.17) is 10.8 Å². The van der Waals surface area contributed by atoms with Crippen molar-refractivity contribution < 1.29 is 19.4 Å². The highest BCUT2D eigenvalue weighted by molar-refractivity contribution is 5.73. The second-order valence-corrected chi connectivity index (χ2v) is 3.38. The molecule has 4 nitrogen and oxygen atoms in total. The fourth-order valence-electron chi connectivity index (χ4n) is 1.19. The largest absolute Gasteiger partial charge is 0.508 e. The van der Waals surface area contributed by atoms with Crippen molar-refractivity contribution in [1.29, 1.82) is 0 Å². The molecule has 0 saturated heterocycles. The van der Waals surface area contributed by atoms with Crippen molar-refractivity contribution in [3.8, 4) is 5.75 Å². The molecule has 1 rings (SSSR count). The number of carboxylic acid groups (broad SMARTS) is 1. The average Bonchev–Trinajstić information content (AvgIpc) is 2.13. The molecule has 0 heterocycles. The van der Waals surface area contributed by atoms with Crippen LogP contribution >= 0.6 is 0 Å². The second kappa shape index (κ2) is 4.27. The first-order valence-electron chi connectivity index (χ1n) is 4.38. The molecular formula is C10H12FNO3. The normalized spacial score (nSPS) is 12.5. The number of halogens is 1. The Hall–Kier alpha value is -1.62. The molecule has 0 saturated carbocycles. The number of phenols is 1. The van der Waals surface area contributed by atoms with E-state index in [0.29, 0.717) is 5.56 Å². The molecule has 0 amide bonds. The highest BCUT2D eigenvalue weighted by Gasteiger charge is 2.15. The predicted octanol–water partition coefficient (Wildman–Crippen LogP) is 0.794. The number of benzene rings is 1. The molecule has 0 bridgehead atoms. The lowest BCUT2D eigenvalue weighted by atomic mass is 10.0. The number of nitrogens with two attached hydrogens (primary N) is 1. The minimum Gasteiger partial charge on any atom is -0.508 e. The van der Waals surface area contributed by atoms with Gasteiger partial charge in [-0.3, -0.25) is 4.79 Å². The molecule has 1 unspecified atom stereocenters. The van der Waals surface area contributed by atoms with Gasteiger partial charge in [-0.1, -0.05) is 0 Å². The summed E-state index contributed by atoms with van der Waals surface area (Å²) in [5.41, 5.74) is 5.77. The van der Waals surface area contributed by atoms with Gasteiger partial charge in [0.1, 0.15) is 17.6 Å². The van der Waals surface area contributed by atoms with Gasteiger partial charge < -0.3 is 15.9 Å². The average molecular weight is 213 g/mol. The number of aliphatic carboxylic acids is 1. The summed E-state index contributed by atoms with van der Waals surface area (Å²) < 4.78 is 13.3. The van der Waals surface area contributed by atoms with E-state index in [1.807, 2.05) is 0 Å². The summed E-state index contributed by atoms with van der Waals surface area (Å²) in [5, 5.41) is 17.9. The number of carboxylic acids is 1. The third-order valence-electron chi connectivity index (χ3n) is 2.12. The van der Waals surface area contributed by atoms with Crippen molar-refractivity contribution >= 4 is 5.97 Å². The Labute approximate surface area is 86.1 Å². The van der Waals surface area contributed by atoms with E-state index in [-0.39, 0.29) is 17.7 Å². The SMILES string of the molecule is Cc1cc(F)c(CC(N)C(=O)O)cc1O. The van der Waals surface area contributed by atoms with Crippen LogP contribution < -0.4 is 5.73 Å². The van der Waals surface area contributed by atoms with Crippen LogP contribution in [0.4, 0.5) is 4.39 Å². The fraction of sp³-hybridized carbons (Fsp3) is 0.300. The van der Waals surface area contributed by atoms with Crippen molar-refractivity contribution in [3.05, 3.63) is 29.1 Å². The minimum absolute atomic E-state index is 0.0658. The summed E-state index contributed by atoms with van der Waals surface area (Å²) in [6.07, 6.45) is -0.144. The van der Waals surface area contributed by atoms with Gasteiger partial charge in [0.05, 0.1) is 0 Å². The van der Waals surface area contributed by atoms with Crippen molar-refractivity contribution in [2.75, 3.05) is 0 Å². The Morgan fingerprint density at radius 2 is 2.20 bits per heavy atom. The number of hydrogen-bond donors (Lipinski definition) is 3. The maximum Gasteiger partial charge on any atom is 0.320 e. The van der Waals surface area contributed by atoms with Crippen LogP contribution in [-0.2, 0) is 11.2 Å². The Bertz CT molecular complexity index is 392. The first-order chi connectivity index (χ1) is 6.91. The molecule has 15 heavy (non-hydrogen) atoms. The van der Waals surface area contributed by atoms with Gasteiger partial charge in [0.25, 0.3) is 0 Å². The number of aromatic hydroxyl groups is 1. The van der Waals surface area contributed by atoms with E-state index in [2.05, 4.69) is 0 Å². The standard InChI is InChI=1S/C10H12FNO3/c1-5-2-7(11)6(4-9(5)13)3-8(12)10(14)15/h2,4,8,13H,3,12H2,1H3,(H,14,15). The molecule has 5 heteroatoms. The number of hydrogen-bond acceptors (Lipinski definition) is 3. The van der Waals surface area contributed by atoms with Crippen LogP contribution in [0, 0.1) is 12.7 Å². The zero-order chi connectivity index (χ0) is 11.6. The van der Waals surface area contributed by atoms with Crippen LogP contribution in [-0.4, -0.2) is 22.2 Å². The minimum atomic E-state index is -1.20. The van der Waals surface area contributed by atoms with E-state index in [1.165, 1.54) is 6.07 Å². The van der Waals surface area contributed by atoms with E-state index >= 15 is 0 Å². The molecule has 0 fully saturated rings. The number of carbonyl (C=O) groups is 1. The van der Waals surface area contributed by atoms with Crippen molar-refractivity contribution in [2.24, 2.45) is 5.73 Å². The van der Waals surface area contributed by atoms with Crippen LogP contribution in [0.3, 0.4) is 0 Å². The second-order valence-electron chi connectivity index (χ2n) is 3.38. The fourth-order valence-corrected chi connectivity index (χ4v) is 1.19. The number of aryl methyl sites for hydroxylation is 1. The molecule has 4 N–H and O–H groups in total. The van der Waals surface area contributed by atoms with Crippen LogP contribution in [0.15, 0.2) is 12.1 Å². The van der Waals surface area contributed by atoms with Gasteiger partial charge in [0.2, 0.25) is 0 Å². The quantitative estimate of drug-likeness (QED) is 0.693. The summed E-state index contributed by atoms with van der Waals surface area (Å²) in [6.45, 7) is 1.55. The van der Waals surface area contributed by atoms with E-state index in [0.717, 1.165) is 6.07 Å². The molecule has 0 spiro atoms. The molecule has 0 radical (unpaired) electrons. The Morgan fingerprint density at radius 1 is 1.60 bits per heavy atom. The zero-order valence-corrected chi connectivity index (χ0v) is 8.20. The van der Waals surface area contributed by atoms with E-state index in [1.54, 1.807) is 6.92 Å². The summed E-state index contributed by atoms with van der Waals surface area (Å²) in [7, 11) is 0. The van der Waals surface area contributed by atoms with Gasteiger partial charge in [0, 0.05) is 6.42 Å². The van der Waals surface area contributed by atoms with Crippen molar-refractivity contribution in [3.63, 3.8) is 0 Å². The highest BCUT2D eigenvalue weighted by atomic mass is 19.1. The van der Waals surface area contributed by atoms with Crippen molar-refractivity contribution in [2.45, 2.75) is 19.4 Å². The Morgan fingerprint density at radius 3 is 2.73 bits per heavy atom. The lowest BCUT2D eigenvalue weighted by Crippen LogP contribution is -2.32. The van der Waals surface area contributed by atoms with Crippen molar-refractivity contribution in [1.82, 2.24) is 0 Å². The molecule has 82 valence electrons. The lowest BCUT2D eigenvalue weighted by molar-refractivity contribution is -0.138. The van der Waals surface area contributed by atoms with Crippen LogP contribution in [0.25, 0.3) is 0 Å². The van der Waals surface area contributed by atoms with Crippen LogP contribution in [0.1, 0.15) is 11.1 Å². The van der Waals surface area contributed by atoms with Gasteiger partial charge in [-0.05, 0) is 30.2 Å². The molecular weight excluding hydrogens is 201 g/mol. The molecule has 1 atom stereocenters. The third-order valence-corrected chi connectivity index (χ3v) is 2.12. The zero-order valence-electron chi connectivity index (χ0n) is 8.20. The molecule has 0 aromatic heterocycles. The molecule has 0 aliphatic carbocycles. The topological polar surface area (TPSA) is 83.6 Å². The summed E-state index contributed by atoms with van der Waals surface area (Å²) in [4.78, 5) is 10.5. The highest BCUT2D eigenvalue weighted by Crippen LogP contribution is 2.21. The van der Waals surface area contributed by atoms with Gasteiger partial charge in [-0.25, -0.2) is 4.39 Å². The monoisotopic (exact) mass is 213 g/mol. The smallest absolute Gasteiger partial charge is 0.320 e. The van der Waals surface area contributed by atoms with Gasteiger partial charge >= 0.3 is 5.97 Å². The maximum atomic E-state index is 13.3. The molecule has 0 aliphatic rings. The molecule has 0 aliphatic heterocycles. The van der Waals surface area contributed by atoms with Gasteiger partial charge in [-0.2, -0.15) is 0 Å². The Kier molecular flexibility index (Phi) is 3.26. The summed E-state index contributed by atoms with van der Waals surface area (Å²) in [6, 6.07) is 1.19. The van der Waals surface area contributed by atoms with Gasteiger partial charge in [-0.15, -0.1) is 0 Å². The molecule has 1 aromatic rings. The Balaban J connectivity index is 2.95. The first kappa shape index (κ1) is 11.5.